The van der Waals surface area contributed by atoms with Gasteiger partial charge in [-0.25, -0.2) is 0 Å². The van der Waals surface area contributed by atoms with Crippen molar-refractivity contribution in [3.63, 3.8) is 0 Å². The van der Waals surface area contributed by atoms with Gasteiger partial charge >= 0.3 is 0 Å². The molecule has 3 N–H and O–H groups in total. The Hall–Kier alpha value is -2.27. The normalized spacial score (nSPS) is 23.9. The van der Waals surface area contributed by atoms with E-state index in [-0.39, 0.29) is 34.7 Å². The largest absolute Gasteiger partial charge is 0.507 e. The second-order valence-electron chi connectivity index (χ2n) is 6.53. The Morgan fingerprint density at radius 3 is 2.52 bits per heavy atom. The standard InChI is InChI=1S/C18H20O5/c1-8-12(23-4)6-10-5-11-7-18(3,22)9(2)16(20)14(11)17(21)13(10)15(8)19/h5-6,9,19,21-22H,7H2,1-4H3/t9-,18-/m1/s1. The summed E-state index contributed by atoms with van der Waals surface area (Å²) in [5.74, 6) is -0.773. The number of carbonyl (C=O) groups is 1. The van der Waals surface area contributed by atoms with Gasteiger partial charge in [-0.05, 0) is 36.9 Å². The highest BCUT2D eigenvalue weighted by Crippen LogP contribution is 2.46. The van der Waals surface area contributed by atoms with Gasteiger partial charge in [0.05, 0.1) is 23.7 Å². The number of rotatable bonds is 1. The van der Waals surface area contributed by atoms with E-state index in [1.165, 1.54) is 7.11 Å². The molecular formula is C18H20O5. The maximum Gasteiger partial charge on any atom is 0.172 e. The van der Waals surface area contributed by atoms with E-state index in [0.717, 1.165) is 0 Å². The summed E-state index contributed by atoms with van der Waals surface area (Å²) in [6, 6.07) is 3.44. The van der Waals surface area contributed by atoms with Crippen molar-refractivity contribution in [1.82, 2.24) is 0 Å². The van der Waals surface area contributed by atoms with Crippen molar-refractivity contribution in [2.24, 2.45) is 5.92 Å². The molecule has 0 bridgehead atoms. The molecule has 0 saturated heterocycles. The maximum atomic E-state index is 12.6. The highest BCUT2D eigenvalue weighted by molar-refractivity contribution is 6.10. The van der Waals surface area contributed by atoms with E-state index in [4.69, 9.17) is 4.74 Å². The van der Waals surface area contributed by atoms with Crippen LogP contribution in [0, 0.1) is 12.8 Å². The number of hydrogen-bond donors (Lipinski definition) is 3. The van der Waals surface area contributed by atoms with Crippen LogP contribution >= 0.6 is 0 Å². The minimum absolute atomic E-state index is 0.0996. The number of aromatic hydroxyl groups is 2. The number of fused-ring (bicyclic) bond motifs is 2. The van der Waals surface area contributed by atoms with Crippen LogP contribution < -0.4 is 4.74 Å². The van der Waals surface area contributed by atoms with E-state index in [1.54, 1.807) is 32.9 Å². The number of methoxy groups -OCH3 is 1. The second kappa shape index (κ2) is 4.86. The average Bonchev–Trinajstić information content (AvgIpc) is 2.47. The van der Waals surface area contributed by atoms with Gasteiger partial charge in [0, 0.05) is 17.9 Å². The molecule has 0 unspecified atom stereocenters. The molecule has 0 aliphatic heterocycles. The first-order chi connectivity index (χ1) is 10.7. The summed E-state index contributed by atoms with van der Waals surface area (Å²) >= 11 is 0. The first-order valence-corrected chi connectivity index (χ1v) is 7.50. The number of hydrogen-bond acceptors (Lipinski definition) is 5. The van der Waals surface area contributed by atoms with Crippen molar-refractivity contribution in [2.75, 3.05) is 7.11 Å². The van der Waals surface area contributed by atoms with E-state index in [2.05, 4.69) is 0 Å². The van der Waals surface area contributed by atoms with Crippen LogP contribution in [0.4, 0.5) is 0 Å². The zero-order chi connectivity index (χ0) is 17.1. The predicted molar refractivity (Wildman–Crippen MR) is 86.4 cm³/mol. The Kier molecular flexibility index (Phi) is 3.30. The molecule has 5 heteroatoms. The van der Waals surface area contributed by atoms with Gasteiger partial charge in [-0.2, -0.15) is 0 Å². The lowest BCUT2D eigenvalue weighted by Gasteiger charge is -2.35. The van der Waals surface area contributed by atoms with E-state index in [9.17, 15) is 20.1 Å². The third kappa shape index (κ3) is 2.07. The number of benzene rings is 2. The number of aliphatic hydroxyl groups is 1. The highest BCUT2D eigenvalue weighted by Gasteiger charge is 2.42. The number of ketones is 1. The summed E-state index contributed by atoms with van der Waals surface area (Å²) in [6.07, 6.45) is 0.260. The van der Waals surface area contributed by atoms with Crippen molar-refractivity contribution in [3.05, 3.63) is 28.8 Å². The fourth-order valence-electron chi connectivity index (χ4n) is 3.33. The maximum absolute atomic E-state index is 12.6. The molecule has 0 fully saturated rings. The Morgan fingerprint density at radius 1 is 1.26 bits per heavy atom. The van der Waals surface area contributed by atoms with E-state index < -0.39 is 11.5 Å². The molecule has 23 heavy (non-hydrogen) atoms. The number of carbonyl (C=O) groups excluding carboxylic acids is 1. The minimum Gasteiger partial charge on any atom is -0.507 e. The van der Waals surface area contributed by atoms with Crippen LogP contribution in [0.2, 0.25) is 0 Å². The molecule has 122 valence electrons. The van der Waals surface area contributed by atoms with E-state index in [1.807, 2.05) is 0 Å². The summed E-state index contributed by atoms with van der Waals surface area (Å²) in [4.78, 5) is 12.6. The number of phenols is 2. The van der Waals surface area contributed by atoms with Crippen LogP contribution in [0.1, 0.15) is 35.3 Å². The van der Waals surface area contributed by atoms with Gasteiger partial charge in [-0.15, -0.1) is 0 Å². The fraction of sp³-hybridized carbons (Fsp3) is 0.389. The van der Waals surface area contributed by atoms with Crippen LogP contribution in [-0.2, 0) is 6.42 Å². The Balaban J connectivity index is 2.40. The highest BCUT2D eigenvalue weighted by atomic mass is 16.5. The lowest BCUT2D eigenvalue weighted by atomic mass is 9.72. The molecule has 0 aromatic heterocycles. The average molecular weight is 316 g/mol. The lowest BCUT2D eigenvalue weighted by molar-refractivity contribution is 0.00592. The number of ether oxygens (including phenoxy) is 1. The van der Waals surface area contributed by atoms with Gasteiger partial charge in [0.1, 0.15) is 17.2 Å². The topological polar surface area (TPSA) is 87.0 Å². The van der Waals surface area contributed by atoms with Gasteiger partial charge in [0.2, 0.25) is 0 Å². The van der Waals surface area contributed by atoms with Crippen molar-refractivity contribution in [1.29, 1.82) is 0 Å². The van der Waals surface area contributed by atoms with E-state index in [0.29, 0.717) is 22.3 Å². The third-order valence-corrected chi connectivity index (χ3v) is 5.00. The molecule has 0 spiro atoms. The quantitative estimate of drug-likeness (QED) is 0.753. The zero-order valence-corrected chi connectivity index (χ0v) is 13.6. The molecule has 0 saturated carbocycles. The molecular weight excluding hydrogens is 296 g/mol. The van der Waals surface area contributed by atoms with Gasteiger partial charge < -0.3 is 20.1 Å². The van der Waals surface area contributed by atoms with Crippen LogP contribution in [0.25, 0.3) is 10.8 Å². The summed E-state index contributed by atoms with van der Waals surface area (Å²) in [7, 11) is 1.50. The van der Waals surface area contributed by atoms with Gasteiger partial charge in [-0.3, -0.25) is 4.79 Å². The molecule has 2 aromatic carbocycles. The van der Waals surface area contributed by atoms with Crippen LogP contribution in [-0.4, -0.2) is 33.8 Å². The monoisotopic (exact) mass is 316 g/mol. The second-order valence-corrected chi connectivity index (χ2v) is 6.53. The molecule has 1 aliphatic carbocycles. The Morgan fingerprint density at radius 2 is 1.91 bits per heavy atom. The van der Waals surface area contributed by atoms with E-state index >= 15 is 0 Å². The predicted octanol–water partition coefficient (Wildman–Crippen LogP) is 2.69. The van der Waals surface area contributed by atoms with Crippen LogP contribution in [0.5, 0.6) is 17.2 Å². The summed E-state index contributed by atoms with van der Waals surface area (Å²) < 4.78 is 5.24. The van der Waals surface area contributed by atoms with Gasteiger partial charge in [0.25, 0.3) is 0 Å². The number of phenolic OH excluding ortho intramolecular Hbond substituents is 2. The van der Waals surface area contributed by atoms with Crippen molar-refractivity contribution < 1.29 is 24.9 Å². The zero-order valence-electron chi connectivity index (χ0n) is 13.6. The lowest BCUT2D eigenvalue weighted by Crippen LogP contribution is -2.44. The first kappa shape index (κ1) is 15.6. The summed E-state index contributed by atoms with van der Waals surface area (Å²) in [6.45, 7) is 4.95. The molecule has 2 atom stereocenters. The Labute approximate surface area is 134 Å². The molecule has 0 amide bonds. The summed E-state index contributed by atoms with van der Waals surface area (Å²) in [5, 5.41) is 32.3. The molecule has 1 aliphatic rings. The van der Waals surface area contributed by atoms with Crippen molar-refractivity contribution in [3.8, 4) is 17.2 Å². The van der Waals surface area contributed by atoms with Gasteiger partial charge in [-0.1, -0.05) is 6.92 Å². The third-order valence-electron chi connectivity index (χ3n) is 5.00. The van der Waals surface area contributed by atoms with Crippen LogP contribution in [0.15, 0.2) is 12.1 Å². The first-order valence-electron chi connectivity index (χ1n) is 7.50. The van der Waals surface area contributed by atoms with Crippen molar-refractivity contribution in [2.45, 2.75) is 32.8 Å². The smallest absolute Gasteiger partial charge is 0.172 e. The van der Waals surface area contributed by atoms with Crippen LogP contribution in [0.3, 0.4) is 0 Å². The molecule has 5 nitrogen and oxygen atoms in total. The molecule has 0 radical (unpaired) electrons. The Bertz CT molecular complexity index is 835. The summed E-state index contributed by atoms with van der Waals surface area (Å²) in [5.41, 5.74) is 0.101. The minimum atomic E-state index is -1.17. The molecule has 3 rings (SSSR count). The SMILES string of the molecule is COc1cc2cc3c(c(O)c2c(O)c1C)C(=O)[C@@H](C)[C@](C)(O)C3. The van der Waals surface area contributed by atoms with Gasteiger partial charge in [0.15, 0.2) is 5.78 Å². The fourth-order valence-corrected chi connectivity index (χ4v) is 3.33. The number of Topliss-reactive ketones (excluding diaryl/α,β-unsaturated/α-hetero) is 1. The molecule has 2 aromatic rings. The molecule has 0 heterocycles. The van der Waals surface area contributed by atoms with Crippen molar-refractivity contribution >= 4 is 16.6 Å².